The molecule has 0 spiro atoms. The van der Waals surface area contributed by atoms with Gasteiger partial charge in [0.2, 0.25) is 5.91 Å². The summed E-state index contributed by atoms with van der Waals surface area (Å²) in [7, 11) is 1.88. The third kappa shape index (κ3) is 3.64. The van der Waals surface area contributed by atoms with Crippen LogP contribution >= 0.6 is 11.6 Å². The number of aryl methyl sites for hydroxylation is 3. The van der Waals surface area contributed by atoms with Crippen LogP contribution in [0.4, 0.5) is 0 Å². The molecule has 0 saturated heterocycles. The van der Waals surface area contributed by atoms with Gasteiger partial charge in [-0.05, 0) is 42.4 Å². The lowest BCUT2D eigenvalue weighted by Crippen LogP contribution is -2.29. The second-order valence-corrected chi connectivity index (χ2v) is 7.79. The van der Waals surface area contributed by atoms with Crippen molar-refractivity contribution < 1.29 is 4.79 Å². The summed E-state index contributed by atoms with van der Waals surface area (Å²) in [6, 6.07) is 8.03. The molecule has 1 aliphatic rings. The van der Waals surface area contributed by atoms with Crippen LogP contribution in [-0.4, -0.2) is 25.7 Å². The Morgan fingerprint density at radius 2 is 2.04 bits per heavy atom. The summed E-state index contributed by atoms with van der Waals surface area (Å²) in [4.78, 5) is 21.0. The molecule has 6 nitrogen and oxygen atoms in total. The number of nitrogens with zero attached hydrogens (tertiary/aromatic N) is 4. The molecule has 0 atom stereocenters. The van der Waals surface area contributed by atoms with Crippen LogP contribution in [0.1, 0.15) is 41.1 Å². The van der Waals surface area contributed by atoms with Crippen molar-refractivity contribution in [3.63, 3.8) is 0 Å². The highest BCUT2D eigenvalue weighted by molar-refractivity contribution is 6.31. The Bertz CT molecular complexity index is 1030. The number of primary amides is 1. The van der Waals surface area contributed by atoms with Gasteiger partial charge in [0.25, 0.3) is 0 Å². The fourth-order valence-corrected chi connectivity index (χ4v) is 3.87. The molecule has 144 valence electrons. The van der Waals surface area contributed by atoms with Gasteiger partial charge in [0.1, 0.15) is 5.82 Å². The zero-order valence-corrected chi connectivity index (χ0v) is 16.5. The first kappa shape index (κ1) is 18.6. The highest BCUT2D eigenvalue weighted by atomic mass is 35.5. The molecule has 1 saturated carbocycles. The second-order valence-electron chi connectivity index (χ2n) is 7.38. The minimum absolute atomic E-state index is 0.237. The quantitative estimate of drug-likeness (QED) is 0.666. The standard InChI is InChI=1S/C21H22ClN5O/c1-27-13-14(11-25-27)10-19-24-12-17(22)18(26-19)7-6-15-4-2-3-5-16(15)21(8-9-21)20(23)28/h2-5,11-13H,6-10H2,1H3,(H2,23,28). The van der Waals surface area contributed by atoms with Crippen LogP contribution in [0.3, 0.4) is 0 Å². The maximum Gasteiger partial charge on any atom is 0.228 e. The average Bonchev–Trinajstić information content (AvgIpc) is 3.40. The van der Waals surface area contributed by atoms with Gasteiger partial charge in [0.05, 0.1) is 22.3 Å². The highest BCUT2D eigenvalue weighted by Gasteiger charge is 2.50. The summed E-state index contributed by atoms with van der Waals surface area (Å²) in [5, 5.41) is 4.74. The number of hydrogen-bond acceptors (Lipinski definition) is 4. The van der Waals surface area contributed by atoms with E-state index in [2.05, 4.69) is 21.1 Å². The summed E-state index contributed by atoms with van der Waals surface area (Å²) in [6.45, 7) is 0. The summed E-state index contributed by atoms with van der Waals surface area (Å²) in [5.74, 6) is 0.482. The minimum atomic E-state index is -0.489. The molecule has 28 heavy (non-hydrogen) atoms. The van der Waals surface area contributed by atoms with Gasteiger partial charge in [-0.25, -0.2) is 9.97 Å². The molecule has 7 heteroatoms. The molecular weight excluding hydrogens is 374 g/mol. The van der Waals surface area contributed by atoms with Crippen molar-refractivity contribution in [1.82, 2.24) is 19.7 Å². The SMILES string of the molecule is Cn1cc(Cc2ncc(Cl)c(CCc3ccccc3C3(C(N)=O)CC3)n2)cn1. The van der Waals surface area contributed by atoms with Gasteiger partial charge >= 0.3 is 0 Å². The van der Waals surface area contributed by atoms with Crippen molar-refractivity contribution in [3.05, 3.63) is 76.1 Å². The van der Waals surface area contributed by atoms with Crippen LogP contribution in [0.25, 0.3) is 0 Å². The van der Waals surface area contributed by atoms with E-state index in [1.165, 1.54) is 0 Å². The summed E-state index contributed by atoms with van der Waals surface area (Å²) in [5.41, 5.74) is 9.22. The van der Waals surface area contributed by atoms with E-state index in [1.54, 1.807) is 10.9 Å². The van der Waals surface area contributed by atoms with Gasteiger partial charge in [-0.15, -0.1) is 0 Å². The molecule has 3 aromatic rings. The Hall–Kier alpha value is -2.73. The highest BCUT2D eigenvalue weighted by Crippen LogP contribution is 2.49. The van der Waals surface area contributed by atoms with E-state index in [4.69, 9.17) is 17.3 Å². The monoisotopic (exact) mass is 395 g/mol. The molecular formula is C21H22ClN5O. The molecule has 1 fully saturated rings. The predicted octanol–water partition coefficient (Wildman–Crippen LogP) is 2.76. The molecule has 1 aromatic carbocycles. The maximum absolute atomic E-state index is 12.0. The number of amides is 1. The van der Waals surface area contributed by atoms with Gasteiger partial charge < -0.3 is 5.73 Å². The van der Waals surface area contributed by atoms with Crippen molar-refractivity contribution in [3.8, 4) is 0 Å². The van der Waals surface area contributed by atoms with Crippen molar-refractivity contribution in [2.75, 3.05) is 0 Å². The van der Waals surface area contributed by atoms with Crippen LogP contribution in [0, 0.1) is 0 Å². The lowest BCUT2D eigenvalue weighted by Gasteiger charge is -2.16. The first-order chi connectivity index (χ1) is 13.5. The van der Waals surface area contributed by atoms with Gasteiger partial charge in [0, 0.05) is 25.9 Å². The van der Waals surface area contributed by atoms with Crippen LogP contribution in [0.5, 0.6) is 0 Å². The second kappa shape index (κ2) is 7.36. The van der Waals surface area contributed by atoms with Crippen molar-refractivity contribution in [2.24, 2.45) is 12.8 Å². The van der Waals surface area contributed by atoms with Crippen LogP contribution < -0.4 is 5.73 Å². The zero-order chi connectivity index (χ0) is 19.7. The normalized spacial score (nSPS) is 14.8. The Balaban J connectivity index is 1.53. The Morgan fingerprint density at radius 3 is 2.71 bits per heavy atom. The van der Waals surface area contributed by atoms with Gasteiger partial charge in [-0.3, -0.25) is 9.48 Å². The number of nitrogens with two attached hydrogens (primary N) is 1. The molecule has 1 aliphatic carbocycles. The maximum atomic E-state index is 12.0. The van der Waals surface area contributed by atoms with E-state index in [1.807, 2.05) is 37.6 Å². The molecule has 4 rings (SSSR count). The molecule has 0 bridgehead atoms. The fourth-order valence-electron chi connectivity index (χ4n) is 3.68. The molecule has 1 amide bonds. The van der Waals surface area contributed by atoms with E-state index in [0.717, 1.165) is 47.5 Å². The topological polar surface area (TPSA) is 86.7 Å². The van der Waals surface area contributed by atoms with Gasteiger partial charge in [-0.2, -0.15) is 5.10 Å². The number of carbonyl (C=O) groups is 1. The lowest BCUT2D eigenvalue weighted by atomic mass is 9.88. The first-order valence-electron chi connectivity index (χ1n) is 9.34. The molecule has 2 heterocycles. The van der Waals surface area contributed by atoms with E-state index in [0.29, 0.717) is 17.9 Å². The van der Waals surface area contributed by atoms with Gasteiger partial charge in [0.15, 0.2) is 0 Å². The minimum Gasteiger partial charge on any atom is -0.369 e. The smallest absolute Gasteiger partial charge is 0.228 e. The van der Waals surface area contributed by atoms with E-state index in [-0.39, 0.29) is 5.91 Å². The van der Waals surface area contributed by atoms with Crippen molar-refractivity contribution in [2.45, 2.75) is 37.5 Å². The van der Waals surface area contributed by atoms with Crippen LogP contribution in [0.15, 0.2) is 42.9 Å². The summed E-state index contributed by atoms with van der Waals surface area (Å²) in [6.07, 6.45) is 9.10. The Morgan fingerprint density at radius 1 is 1.25 bits per heavy atom. The van der Waals surface area contributed by atoms with Gasteiger partial charge in [-0.1, -0.05) is 35.9 Å². The number of aromatic nitrogens is 4. The molecule has 0 radical (unpaired) electrons. The van der Waals surface area contributed by atoms with Crippen LogP contribution in [0.2, 0.25) is 5.02 Å². The number of rotatable bonds is 7. The third-order valence-electron chi connectivity index (χ3n) is 5.37. The largest absolute Gasteiger partial charge is 0.369 e. The number of benzene rings is 1. The Labute approximate surface area is 168 Å². The number of hydrogen-bond donors (Lipinski definition) is 1. The zero-order valence-electron chi connectivity index (χ0n) is 15.7. The van der Waals surface area contributed by atoms with E-state index < -0.39 is 5.41 Å². The predicted molar refractivity (Wildman–Crippen MR) is 107 cm³/mol. The van der Waals surface area contributed by atoms with E-state index >= 15 is 0 Å². The fraction of sp³-hybridized carbons (Fsp3) is 0.333. The number of halogens is 1. The molecule has 2 N–H and O–H groups in total. The van der Waals surface area contributed by atoms with Crippen molar-refractivity contribution >= 4 is 17.5 Å². The molecule has 0 aliphatic heterocycles. The van der Waals surface area contributed by atoms with E-state index in [9.17, 15) is 4.79 Å². The summed E-state index contributed by atoms with van der Waals surface area (Å²) < 4.78 is 1.76. The number of carbonyl (C=O) groups excluding carboxylic acids is 1. The Kier molecular flexibility index (Phi) is 4.89. The van der Waals surface area contributed by atoms with Crippen molar-refractivity contribution in [1.29, 1.82) is 0 Å². The van der Waals surface area contributed by atoms with Crippen LogP contribution in [-0.2, 0) is 36.5 Å². The average molecular weight is 396 g/mol. The summed E-state index contributed by atoms with van der Waals surface area (Å²) >= 11 is 6.35. The third-order valence-corrected chi connectivity index (χ3v) is 5.69. The lowest BCUT2D eigenvalue weighted by molar-refractivity contribution is -0.120. The first-order valence-corrected chi connectivity index (χ1v) is 9.72. The molecule has 0 unspecified atom stereocenters. The molecule has 2 aromatic heterocycles.